The molecule has 0 spiro atoms. The predicted molar refractivity (Wildman–Crippen MR) is 79.7 cm³/mol. The molecule has 2 N–H and O–H groups in total. The van der Waals surface area contributed by atoms with E-state index in [9.17, 15) is 8.42 Å². The van der Waals surface area contributed by atoms with Crippen LogP contribution < -0.4 is 5.73 Å². The second-order valence-electron chi connectivity index (χ2n) is 5.51. The van der Waals surface area contributed by atoms with E-state index in [1.165, 1.54) is 11.3 Å². The molecule has 0 amide bonds. The molecule has 1 saturated heterocycles. The second kappa shape index (κ2) is 4.80. The Balaban J connectivity index is 1.86. The first-order valence-corrected chi connectivity index (χ1v) is 9.46. The van der Waals surface area contributed by atoms with Crippen molar-refractivity contribution in [3.8, 4) is 0 Å². The van der Waals surface area contributed by atoms with Gasteiger partial charge in [-0.3, -0.25) is 0 Å². The summed E-state index contributed by atoms with van der Waals surface area (Å²) >= 11 is 4.68. The van der Waals surface area contributed by atoms with Gasteiger partial charge in [0.15, 0.2) is 0 Å². The van der Waals surface area contributed by atoms with Crippen molar-refractivity contribution >= 4 is 37.3 Å². The van der Waals surface area contributed by atoms with E-state index < -0.39 is 10.0 Å². The summed E-state index contributed by atoms with van der Waals surface area (Å²) < 4.78 is 28.2. The van der Waals surface area contributed by atoms with Crippen molar-refractivity contribution in [2.75, 3.05) is 13.1 Å². The zero-order valence-corrected chi connectivity index (χ0v) is 13.9. The van der Waals surface area contributed by atoms with E-state index in [2.05, 4.69) is 15.9 Å². The molecule has 1 saturated carbocycles. The van der Waals surface area contributed by atoms with Crippen LogP contribution in [0, 0.1) is 18.8 Å². The van der Waals surface area contributed by atoms with Gasteiger partial charge in [-0.2, -0.15) is 4.31 Å². The van der Waals surface area contributed by atoms with E-state index in [1.807, 2.05) is 6.92 Å². The van der Waals surface area contributed by atoms with E-state index in [1.54, 1.807) is 10.4 Å². The molecular formula is C12H17BrN2O2S2. The highest BCUT2D eigenvalue weighted by Gasteiger charge is 2.45. The lowest BCUT2D eigenvalue weighted by Crippen LogP contribution is -2.33. The van der Waals surface area contributed by atoms with Gasteiger partial charge in [0.05, 0.1) is 3.79 Å². The number of fused-ring (bicyclic) bond motifs is 1. The van der Waals surface area contributed by atoms with Gasteiger partial charge < -0.3 is 5.73 Å². The fourth-order valence-electron chi connectivity index (χ4n) is 3.15. The van der Waals surface area contributed by atoms with E-state index in [4.69, 9.17) is 5.73 Å². The molecule has 1 aliphatic carbocycles. The quantitative estimate of drug-likeness (QED) is 0.874. The average molecular weight is 365 g/mol. The third kappa shape index (κ3) is 2.29. The van der Waals surface area contributed by atoms with Gasteiger partial charge in [0.2, 0.25) is 0 Å². The summed E-state index contributed by atoms with van der Waals surface area (Å²) in [5, 5.41) is 0. The van der Waals surface area contributed by atoms with E-state index in [0.717, 1.165) is 22.2 Å². The highest BCUT2D eigenvalue weighted by molar-refractivity contribution is 9.11. The Labute approximate surface area is 126 Å². The van der Waals surface area contributed by atoms with Crippen LogP contribution in [0.5, 0.6) is 0 Å². The lowest BCUT2D eigenvalue weighted by atomic mass is 9.98. The van der Waals surface area contributed by atoms with Gasteiger partial charge in [-0.1, -0.05) is 0 Å². The van der Waals surface area contributed by atoms with Crippen molar-refractivity contribution < 1.29 is 8.42 Å². The van der Waals surface area contributed by atoms with Crippen LogP contribution in [0.1, 0.15) is 18.4 Å². The summed E-state index contributed by atoms with van der Waals surface area (Å²) in [7, 11) is -3.34. The molecule has 7 heteroatoms. The highest BCUT2D eigenvalue weighted by Crippen LogP contribution is 2.41. The summed E-state index contributed by atoms with van der Waals surface area (Å²) in [6.45, 7) is 3.13. The predicted octanol–water partition coefficient (Wildman–Crippen LogP) is 2.18. The van der Waals surface area contributed by atoms with Crippen LogP contribution in [0.3, 0.4) is 0 Å². The number of nitrogens with zero attached hydrogens (tertiary/aromatic N) is 1. The Kier molecular flexibility index (Phi) is 3.54. The Morgan fingerprint density at radius 1 is 1.42 bits per heavy atom. The first kappa shape index (κ1) is 14.0. The van der Waals surface area contributed by atoms with Gasteiger partial charge in [-0.25, -0.2) is 8.42 Å². The Hall–Kier alpha value is 0.0500. The largest absolute Gasteiger partial charge is 0.327 e. The third-order valence-electron chi connectivity index (χ3n) is 4.31. The van der Waals surface area contributed by atoms with Crippen LogP contribution in [0.4, 0.5) is 0 Å². The monoisotopic (exact) mass is 364 g/mol. The Morgan fingerprint density at radius 2 is 2.16 bits per heavy atom. The molecule has 1 aromatic rings. The maximum Gasteiger partial charge on any atom is 0.252 e. The molecule has 2 fully saturated rings. The molecule has 1 aromatic heterocycles. The fourth-order valence-corrected chi connectivity index (χ4v) is 7.06. The number of rotatable bonds is 2. The molecule has 106 valence electrons. The first-order valence-electron chi connectivity index (χ1n) is 6.41. The minimum absolute atomic E-state index is 0.169. The van der Waals surface area contributed by atoms with E-state index in [0.29, 0.717) is 29.1 Å². The van der Waals surface area contributed by atoms with Crippen molar-refractivity contribution in [1.82, 2.24) is 4.31 Å². The normalized spacial score (nSPS) is 31.8. The van der Waals surface area contributed by atoms with Crippen molar-refractivity contribution in [3.63, 3.8) is 0 Å². The number of hydrogen-bond acceptors (Lipinski definition) is 4. The second-order valence-corrected chi connectivity index (χ2v) is 10.0. The number of hydrogen-bond donors (Lipinski definition) is 1. The lowest BCUT2D eigenvalue weighted by molar-refractivity contribution is 0.428. The molecule has 0 bridgehead atoms. The highest BCUT2D eigenvalue weighted by atomic mass is 79.9. The van der Waals surface area contributed by atoms with Crippen LogP contribution in [0.15, 0.2) is 14.1 Å². The molecule has 3 atom stereocenters. The van der Waals surface area contributed by atoms with Crippen molar-refractivity contribution in [2.24, 2.45) is 17.6 Å². The summed E-state index contributed by atoms with van der Waals surface area (Å²) in [6, 6.07) is 1.92. The van der Waals surface area contributed by atoms with Crippen LogP contribution in [0.25, 0.3) is 0 Å². The first-order chi connectivity index (χ1) is 8.89. The molecule has 3 rings (SSSR count). The number of sulfonamides is 1. The number of halogens is 1. The zero-order chi connectivity index (χ0) is 13.8. The van der Waals surface area contributed by atoms with Gasteiger partial charge in [0.1, 0.15) is 4.21 Å². The SMILES string of the molecule is Cc1cc(S(=O)(=O)N2CC3CCC(N)C3C2)sc1Br. The van der Waals surface area contributed by atoms with Gasteiger partial charge in [0, 0.05) is 19.1 Å². The molecular weight excluding hydrogens is 348 g/mol. The lowest BCUT2D eigenvalue weighted by Gasteiger charge is -2.17. The summed E-state index contributed by atoms with van der Waals surface area (Å²) in [5.74, 6) is 0.800. The maximum absolute atomic E-state index is 12.6. The number of nitrogens with two attached hydrogens (primary N) is 1. The standard InChI is InChI=1S/C12H17BrN2O2S2/c1-7-4-11(18-12(7)13)19(16,17)15-5-8-2-3-10(14)9(8)6-15/h4,8-10H,2-3,5-6,14H2,1H3. The molecule has 2 aliphatic rings. The van der Waals surface area contributed by atoms with E-state index in [-0.39, 0.29) is 6.04 Å². The number of aryl methyl sites for hydroxylation is 1. The van der Waals surface area contributed by atoms with Crippen molar-refractivity contribution in [1.29, 1.82) is 0 Å². The van der Waals surface area contributed by atoms with Crippen LogP contribution in [-0.2, 0) is 10.0 Å². The fraction of sp³-hybridized carbons (Fsp3) is 0.667. The third-order valence-corrected chi connectivity index (χ3v) is 8.72. The van der Waals surface area contributed by atoms with Crippen LogP contribution in [-0.4, -0.2) is 31.9 Å². The van der Waals surface area contributed by atoms with Gasteiger partial charge in [0.25, 0.3) is 10.0 Å². The Morgan fingerprint density at radius 3 is 2.74 bits per heavy atom. The summed E-state index contributed by atoms with van der Waals surface area (Å²) in [5.41, 5.74) is 7.04. The molecule has 4 nitrogen and oxygen atoms in total. The molecule has 2 heterocycles. The average Bonchev–Trinajstić information content (AvgIpc) is 2.99. The van der Waals surface area contributed by atoms with Gasteiger partial charge in [-0.15, -0.1) is 11.3 Å². The maximum atomic E-state index is 12.6. The molecule has 0 radical (unpaired) electrons. The van der Waals surface area contributed by atoms with Crippen LogP contribution in [0.2, 0.25) is 0 Å². The molecule has 3 unspecified atom stereocenters. The zero-order valence-electron chi connectivity index (χ0n) is 10.7. The molecule has 0 aromatic carbocycles. The molecule has 19 heavy (non-hydrogen) atoms. The van der Waals surface area contributed by atoms with Gasteiger partial charge >= 0.3 is 0 Å². The summed E-state index contributed by atoms with van der Waals surface area (Å²) in [6.07, 6.45) is 2.10. The summed E-state index contributed by atoms with van der Waals surface area (Å²) in [4.78, 5) is 0. The minimum atomic E-state index is -3.34. The van der Waals surface area contributed by atoms with Crippen molar-refractivity contribution in [2.45, 2.75) is 30.0 Å². The smallest absolute Gasteiger partial charge is 0.252 e. The van der Waals surface area contributed by atoms with Gasteiger partial charge in [-0.05, 0) is 59.2 Å². The van der Waals surface area contributed by atoms with E-state index >= 15 is 0 Å². The minimum Gasteiger partial charge on any atom is -0.327 e. The molecule has 1 aliphatic heterocycles. The van der Waals surface area contributed by atoms with Crippen molar-refractivity contribution in [3.05, 3.63) is 15.4 Å². The van der Waals surface area contributed by atoms with Crippen LogP contribution >= 0.6 is 27.3 Å². The number of thiophene rings is 1. The topological polar surface area (TPSA) is 63.4 Å². The Bertz CT molecular complexity index is 579.